The molecular weight excluding hydrogens is 202 g/mol. The monoisotopic (exact) mass is 223 g/mol. The number of hydrogen-bond donors (Lipinski definition) is 1. The molecule has 1 rings (SSSR count). The van der Waals surface area contributed by atoms with Gasteiger partial charge in [0.15, 0.2) is 0 Å². The highest BCUT2D eigenvalue weighted by Gasteiger charge is 2.15. The van der Waals surface area contributed by atoms with Gasteiger partial charge in [-0.2, -0.15) is 0 Å². The lowest BCUT2D eigenvalue weighted by Gasteiger charge is -2.22. The molecule has 2 N–H and O–H groups in total. The van der Waals surface area contributed by atoms with Gasteiger partial charge < -0.3 is 15.2 Å². The zero-order valence-corrected chi connectivity index (χ0v) is 10.5. The first-order valence-electron chi connectivity index (χ1n) is 5.48. The summed E-state index contributed by atoms with van der Waals surface area (Å²) < 4.78 is 11.0. The minimum Gasteiger partial charge on any atom is -0.493 e. The number of aryl methyl sites for hydroxylation is 1. The summed E-state index contributed by atoms with van der Waals surface area (Å²) in [5, 5.41) is 0. The lowest BCUT2D eigenvalue weighted by molar-refractivity contribution is 0.00546. The van der Waals surface area contributed by atoms with Crippen LogP contribution in [0.2, 0.25) is 0 Å². The molecule has 1 aromatic carbocycles. The van der Waals surface area contributed by atoms with Crippen LogP contribution in [-0.2, 0) is 4.74 Å². The molecular formula is C13H21NO2. The van der Waals surface area contributed by atoms with E-state index in [1.165, 1.54) is 0 Å². The van der Waals surface area contributed by atoms with E-state index in [0.717, 1.165) is 23.4 Å². The maximum absolute atomic E-state index is 5.74. The Hall–Kier alpha value is -1.22. The van der Waals surface area contributed by atoms with E-state index in [2.05, 4.69) is 0 Å². The molecule has 0 fully saturated rings. The third-order valence-electron chi connectivity index (χ3n) is 2.60. The standard InChI is InChI=1S/C13H21NO2/c1-10-7-11(14)9-12(8-10)16-6-5-13(2,3)15-4/h7-9H,5-6,14H2,1-4H3. The van der Waals surface area contributed by atoms with E-state index in [1.54, 1.807) is 7.11 Å². The Bertz CT molecular complexity index is 328. The van der Waals surface area contributed by atoms with Gasteiger partial charge in [0.05, 0.1) is 12.2 Å². The van der Waals surface area contributed by atoms with E-state index < -0.39 is 0 Å². The molecule has 0 spiro atoms. The first-order chi connectivity index (χ1) is 7.43. The molecule has 0 radical (unpaired) electrons. The highest BCUT2D eigenvalue weighted by atomic mass is 16.5. The predicted molar refractivity (Wildman–Crippen MR) is 66.8 cm³/mol. The number of ether oxygens (including phenoxy) is 2. The van der Waals surface area contributed by atoms with E-state index in [1.807, 2.05) is 39.0 Å². The average Bonchev–Trinajstić information content (AvgIpc) is 2.16. The third-order valence-corrected chi connectivity index (χ3v) is 2.60. The summed E-state index contributed by atoms with van der Waals surface area (Å²) in [5.41, 5.74) is 7.44. The SMILES string of the molecule is COC(C)(C)CCOc1cc(C)cc(N)c1. The molecule has 0 bridgehead atoms. The largest absolute Gasteiger partial charge is 0.493 e. The summed E-state index contributed by atoms with van der Waals surface area (Å²) >= 11 is 0. The summed E-state index contributed by atoms with van der Waals surface area (Å²) in [4.78, 5) is 0. The Morgan fingerprint density at radius 3 is 2.50 bits per heavy atom. The average molecular weight is 223 g/mol. The van der Waals surface area contributed by atoms with E-state index >= 15 is 0 Å². The summed E-state index contributed by atoms with van der Waals surface area (Å²) in [5.74, 6) is 0.824. The third kappa shape index (κ3) is 4.11. The van der Waals surface area contributed by atoms with Crippen LogP contribution in [0.1, 0.15) is 25.8 Å². The molecule has 90 valence electrons. The van der Waals surface area contributed by atoms with Gasteiger partial charge in [-0.25, -0.2) is 0 Å². The van der Waals surface area contributed by atoms with Crippen LogP contribution in [0.3, 0.4) is 0 Å². The quantitative estimate of drug-likeness (QED) is 0.781. The van der Waals surface area contributed by atoms with Crippen LogP contribution >= 0.6 is 0 Å². The van der Waals surface area contributed by atoms with Gasteiger partial charge in [0.1, 0.15) is 5.75 Å². The molecule has 0 aliphatic rings. The van der Waals surface area contributed by atoms with Crippen molar-refractivity contribution in [2.45, 2.75) is 32.8 Å². The van der Waals surface area contributed by atoms with Gasteiger partial charge >= 0.3 is 0 Å². The van der Waals surface area contributed by atoms with Crippen molar-refractivity contribution < 1.29 is 9.47 Å². The van der Waals surface area contributed by atoms with Crippen LogP contribution in [0, 0.1) is 6.92 Å². The van der Waals surface area contributed by atoms with Crippen molar-refractivity contribution in [3.63, 3.8) is 0 Å². The Balaban J connectivity index is 2.49. The van der Waals surface area contributed by atoms with Crippen LogP contribution < -0.4 is 10.5 Å². The number of anilines is 1. The highest BCUT2D eigenvalue weighted by Crippen LogP contribution is 2.20. The topological polar surface area (TPSA) is 44.5 Å². The van der Waals surface area contributed by atoms with Crippen molar-refractivity contribution in [2.75, 3.05) is 19.5 Å². The molecule has 0 aliphatic heterocycles. The lowest BCUT2D eigenvalue weighted by Crippen LogP contribution is -2.25. The molecule has 3 nitrogen and oxygen atoms in total. The fraction of sp³-hybridized carbons (Fsp3) is 0.538. The van der Waals surface area contributed by atoms with Crippen LogP contribution in [0.5, 0.6) is 5.75 Å². The zero-order valence-electron chi connectivity index (χ0n) is 10.5. The molecule has 0 heterocycles. The first-order valence-corrected chi connectivity index (χ1v) is 5.48. The molecule has 0 saturated carbocycles. The minimum absolute atomic E-state index is 0.143. The lowest BCUT2D eigenvalue weighted by atomic mass is 10.1. The van der Waals surface area contributed by atoms with Gasteiger partial charge in [-0.05, 0) is 38.5 Å². The van der Waals surface area contributed by atoms with E-state index in [-0.39, 0.29) is 5.60 Å². The molecule has 16 heavy (non-hydrogen) atoms. The van der Waals surface area contributed by atoms with Crippen molar-refractivity contribution in [1.82, 2.24) is 0 Å². The molecule has 0 amide bonds. The van der Waals surface area contributed by atoms with Gasteiger partial charge in [-0.3, -0.25) is 0 Å². The number of methoxy groups -OCH3 is 1. The van der Waals surface area contributed by atoms with Crippen molar-refractivity contribution >= 4 is 5.69 Å². The summed E-state index contributed by atoms with van der Waals surface area (Å²) in [6.45, 7) is 6.72. The molecule has 1 aromatic rings. The fourth-order valence-electron chi connectivity index (χ4n) is 1.38. The molecule has 0 aliphatic carbocycles. The number of nitrogen functional groups attached to an aromatic ring is 1. The minimum atomic E-state index is -0.143. The van der Waals surface area contributed by atoms with Crippen LogP contribution in [0.4, 0.5) is 5.69 Å². The second-order valence-corrected chi connectivity index (χ2v) is 4.64. The second-order valence-electron chi connectivity index (χ2n) is 4.64. The smallest absolute Gasteiger partial charge is 0.121 e. The van der Waals surface area contributed by atoms with Gasteiger partial charge in [-0.15, -0.1) is 0 Å². The summed E-state index contributed by atoms with van der Waals surface area (Å²) in [7, 11) is 1.71. The van der Waals surface area contributed by atoms with Crippen LogP contribution in [0.15, 0.2) is 18.2 Å². The molecule has 3 heteroatoms. The molecule has 0 saturated heterocycles. The van der Waals surface area contributed by atoms with Crippen molar-refractivity contribution in [3.8, 4) is 5.75 Å². The van der Waals surface area contributed by atoms with Gasteiger partial charge in [0.25, 0.3) is 0 Å². The number of benzene rings is 1. The summed E-state index contributed by atoms with van der Waals surface area (Å²) in [6, 6.07) is 5.74. The Morgan fingerprint density at radius 1 is 1.25 bits per heavy atom. The zero-order chi connectivity index (χ0) is 12.2. The predicted octanol–water partition coefficient (Wildman–Crippen LogP) is 2.77. The van der Waals surface area contributed by atoms with E-state index in [4.69, 9.17) is 15.2 Å². The summed E-state index contributed by atoms with van der Waals surface area (Å²) in [6.07, 6.45) is 0.845. The van der Waals surface area contributed by atoms with Crippen LogP contribution in [0.25, 0.3) is 0 Å². The maximum atomic E-state index is 5.74. The van der Waals surface area contributed by atoms with E-state index in [9.17, 15) is 0 Å². The highest BCUT2D eigenvalue weighted by molar-refractivity contribution is 5.47. The van der Waals surface area contributed by atoms with Gasteiger partial charge in [-0.1, -0.05) is 0 Å². The molecule has 0 aromatic heterocycles. The van der Waals surface area contributed by atoms with Crippen molar-refractivity contribution in [3.05, 3.63) is 23.8 Å². The van der Waals surface area contributed by atoms with E-state index in [0.29, 0.717) is 6.61 Å². The van der Waals surface area contributed by atoms with Crippen molar-refractivity contribution in [2.24, 2.45) is 0 Å². The molecule has 0 unspecified atom stereocenters. The normalized spacial score (nSPS) is 11.5. The van der Waals surface area contributed by atoms with Gasteiger partial charge in [0, 0.05) is 25.3 Å². The molecule has 0 atom stereocenters. The fourth-order valence-corrected chi connectivity index (χ4v) is 1.38. The maximum Gasteiger partial charge on any atom is 0.121 e. The van der Waals surface area contributed by atoms with Gasteiger partial charge in [0.2, 0.25) is 0 Å². The number of hydrogen-bond acceptors (Lipinski definition) is 3. The van der Waals surface area contributed by atoms with Crippen molar-refractivity contribution in [1.29, 1.82) is 0 Å². The Kier molecular flexibility index (Phi) is 4.19. The van der Waals surface area contributed by atoms with Crippen LogP contribution in [-0.4, -0.2) is 19.3 Å². The Labute approximate surface area is 97.6 Å². The number of rotatable bonds is 5. The number of nitrogens with two attached hydrogens (primary N) is 1. The second kappa shape index (κ2) is 5.21. The first kappa shape index (κ1) is 12.8. The Morgan fingerprint density at radius 2 is 1.94 bits per heavy atom.